The lowest BCUT2D eigenvalue weighted by Crippen LogP contribution is -2.43. The van der Waals surface area contributed by atoms with Gasteiger partial charge in [0.25, 0.3) is 5.91 Å². The third kappa shape index (κ3) is 3.71. The predicted octanol–water partition coefficient (Wildman–Crippen LogP) is 3.22. The number of hydrogen-bond acceptors (Lipinski definition) is 4. The number of hydrogen-bond donors (Lipinski definition) is 2. The molecule has 7 heteroatoms. The third-order valence-corrected chi connectivity index (χ3v) is 5.97. The van der Waals surface area contributed by atoms with Gasteiger partial charge in [0, 0.05) is 36.1 Å². The van der Waals surface area contributed by atoms with Gasteiger partial charge in [0.15, 0.2) is 0 Å². The van der Waals surface area contributed by atoms with Gasteiger partial charge in [-0.2, -0.15) is 0 Å². The first kappa shape index (κ1) is 20.2. The summed E-state index contributed by atoms with van der Waals surface area (Å²) in [5, 5.41) is 4.55. The molecule has 2 N–H and O–H groups in total. The third-order valence-electron chi connectivity index (χ3n) is 5.97. The highest BCUT2D eigenvalue weighted by atomic mass is 16.5. The van der Waals surface area contributed by atoms with Crippen molar-refractivity contribution >= 4 is 33.6 Å². The second-order valence-electron chi connectivity index (χ2n) is 7.93. The van der Waals surface area contributed by atoms with Crippen LogP contribution in [-0.4, -0.2) is 53.4 Å². The van der Waals surface area contributed by atoms with Crippen molar-refractivity contribution in [1.82, 2.24) is 20.2 Å². The molecule has 5 rings (SSSR count). The lowest BCUT2D eigenvalue weighted by atomic mass is 10.0. The fraction of sp³-hybridized carbons (Fsp3) is 0.240. The van der Waals surface area contributed by atoms with Crippen LogP contribution in [0, 0.1) is 0 Å². The molecule has 7 nitrogen and oxygen atoms in total. The Morgan fingerprint density at radius 2 is 1.94 bits per heavy atom. The fourth-order valence-corrected chi connectivity index (χ4v) is 4.29. The molecule has 0 bridgehead atoms. The lowest BCUT2D eigenvalue weighted by molar-refractivity contribution is -0.138. The van der Waals surface area contributed by atoms with Crippen LogP contribution in [0.15, 0.2) is 60.8 Å². The molecule has 1 unspecified atom stereocenters. The first-order chi connectivity index (χ1) is 15.6. The van der Waals surface area contributed by atoms with Gasteiger partial charge in [-0.15, -0.1) is 0 Å². The van der Waals surface area contributed by atoms with Gasteiger partial charge >= 0.3 is 0 Å². The van der Waals surface area contributed by atoms with E-state index in [1.165, 1.54) is 0 Å². The summed E-state index contributed by atoms with van der Waals surface area (Å²) in [6, 6.07) is 17.3. The van der Waals surface area contributed by atoms with E-state index in [1.54, 1.807) is 13.1 Å². The van der Waals surface area contributed by atoms with Gasteiger partial charge in [-0.25, -0.2) is 4.98 Å². The van der Waals surface area contributed by atoms with Gasteiger partial charge in [-0.3, -0.25) is 9.59 Å². The number of carbonyl (C=O) groups is 2. The maximum atomic E-state index is 13.1. The maximum Gasteiger partial charge on any atom is 0.251 e. The summed E-state index contributed by atoms with van der Waals surface area (Å²) in [7, 11) is 1.61. The Morgan fingerprint density at radius 1 is 1.16 bits per heavy atom. The van der Waals surface area contributed by atoms with Crippen LogP contribution in [0.25, 0.3) is 21.8 Å². The van der Waals surface area contributed by atoms with Crippen LogP contribution in [0.3, 0.4) is 0 Å². The number of fused-ring (bicyclic) bond motifs is 2. The number of pyridine rings is 1. The molecule has 1 aliphatic heterocycles. The number of nitrogens with one attached hydrogen (secondary N) is 2. The largest absolute Gasteiger partial charge is 0.368 e. The number of morpholine rings is 1. The zero-order valence-electron chi connectivity index (χ0n) is 17.8. The van der Waals surface area contributed by atoms with Crippen molar-refractivity contribution in [2.24, 2.45) is 0 Å². The number of benzene rings is 2. The van der Waals surface area contributed by atoms with Gasteiger partial charge in [-0.05, 0) is 23.8 Å². The SMILES string of the molecule is CNC(=O)c1cc(C2CN(C(=O)Cc3c[nH]c4ccccc34)CCO2)nc2ccccc12. The van der Waals surface area contributed by atoms with Crippen molar-refractivity contribution in [3.8, 4) is 0 Å². The molecular weight excluding hydrogens is 404 g/mol. The lowest BCUT2D eigenvalue weighted by Gasteiger charge is -2.33. The first-order valence-corrected chi connectivity index (χ1v) is 10.7. The summed E-state index contributed by atoms with van der Waals surface area (Å²) in [6.07, 6.45) is 1.84. The van der Waals surface area contributed by atoms with Crippen molar-refractivity contribution in [1.29, 1.82) is 0 Å². The minimum Gasteiger partial charge on any atom is -0.368 e. The normalized spacial score (nSPS) is 16.4. The van der Waals surface area contributed by atoms with E-state index in [0.29, 0.717) is 37.4 Å². The molecule has 4 aromatic rings. The quantitative estimate of drug-likeness (QED) is 0.523. The molecule has 2 aromatic heterocycles. The molecule has 162 valence electrons. The first-order valence-electron chi connectivity index (χ1n) is 10.7. The number of aromatic nitrogens is 2. The number of amides is 2. The summed E-state index contributed by atoms with van der Waals surface area (Å²) in [5.41, 5.74) is 3.96. The van der Waals surface area contributed by atoms with E-state index in [2.05, 4.69) is 10.3 Å². The van der Waals surface area contributed by atoms with Crippen molar-refractivity contribution in [2.75, 3.05) is 26.7 Å². The Hall–Kier alpha value is -3.71. The molecule has 1 saturated heterocycles. The molecule has 32 heavy (non-hydrogen) atoms. The van der Waals surface area contributed by atoms with Crippen molar-refractivity contribution in [2.45, 2.75) is 12.5 Å². The van der Waals surface area contributed by atoms with Crippen LogP contribution in [0.4, 0.5) is 0 Å². The average molecular weight is 428 g/mol. The number of aromatic amines is 1. The minimum atomic E-state index is -0.385. The molecule has 0 aliphatic carbocycles. The second-order valence-corrected chi connectivity index (χ2v) is 7.93. The smallest absolute Gasteiger partial charge is 0.251 e. The molecule has 0 saturated carbocycles. The molecule has 1 fully saturated rings. The van der Waals surface area contributed by atoms with Crippen LogP contribution in [0.1, 0.15) is 27.7 Å². The van der Waals surface area contributed by atoms with Crippen LogP contribution in [-0.2, 0) is 16.0 Å². The average Bonchev–Trinajstić information content (AvgIpc) is 3.25. The summed E-state index contributed by atoms with van der Waals surface area (Å²) >= 11 is 0. The number of nitrogens with zero attached hydrogens (tertiary/aromatic N) is 2. The highest BCUT2D eigenvalue weighted by Gasteiger charge is 2.28. The summed E-state index contributed by atoms with van der Waals surface area (Å²) < 4.78 is 5.97. The van der Waals surface area contributed by atoms with Crippen LogP contribution < -0.4 is 5.32 Å². The Balaban J connectivity index is 1.39. The number of carbonyl (C=O) groups excluding carboxylic acids is 2. The van der Waals surface area contributed by atoms with E-state index in [9.17, 15) is 9.59 Å². The molecular formula is C25H24N4O3. The number of ether oxygens (including phenoxy) is 1. The molecule has 2 aromatic carbocycles. The number of H-pyrrole nitrogens is 1. The van der Waals surface area contributed by atoms with Gasteiger partial charge in [0.05, 0.1) is 36.3 Å². The van der Waals surface area contributed by atoms with Gasteiger partial charge < -0.3 is 19.9 Å². The zero-order chi connectivity index (χ0) is 22.1. The molecule has 1 atom stereocenters. The highest BCUT2D eigenvalue weighted by molar-refractivity contribution is 6.06. The molecule has 3 heterocycles. The minimum absolute atomic E-state index is 0.0513. The predicted molar refractivity (Wildman–Crippen MR) is 122 cm³/mol. The topological polar surface area (TPSA) is 87.3 Å². The number of rotatable bonds is 4. The Bertz CT molecular complexity index is 1310. The molecule has 0 radical (unpaired) electrons. The van der Waals surface area contributed by atoms with E-state index >= 15 is 0 Å². The standard InChI is InChI=1S/C25H24N4O3/c1-26-25(31)19-13-22(28-21-9-5-3-7-18(19)21)23-15-29(10-11-32-23)24(30)12-16-14-27-20-8-4-2-6-17(16)20/h2-9,13-14,23,27H,10-12,15H2,1H3,(H,26,31). The van der Waals surface area contributed by atoms with E-state index in [1.807, 2.05) is 59.6 Å². The molecule has 2 amide bonds. The molecule has 0 spiro atoms. The van der Waals surface area contributed by atoms with Crippen LogP contribution in [0.5, 0.6) is 0 Å². The molecule has 1 aliphatic rings. The van der Waals surface area contributed by atoms with Gasteiger partial charge in [0.2, 0.25) is 5.91 Å². The van der Waals surface area contributed by atoms with E-state index in [-0.39, 0.29) is 17.9 Å². The van der Waals surface area contributed by atoms with E-state index < -0.39 is 0 Å². The van der Waals surface area contributed by atoms with Gasteiger partial charge in [-0.1, -0.05) is 36.4 Å². The van der Waals surface area contributed by atoms with Gasteiger partial charge in [0.1, 0.15) is 6.10 Å². The van der Waals surface area contributed by atoms with E-state index in [4.69, 9.17) is 9.72 Å². The van der Waals surface area contributed by atoms with E-state index in [0.717, 1.165) is 27.4 Å². The Labute approximate surface area is 185 Å². The Morgan fingerprint density at radius 3 is 2.78 bits per heavy atom. The van der Waals surface area contributed by atoms with Crippen LogP contribution >= 0.6 is 0 Å². The fourth-order valence-electron chi connectivity index (χ4n) is 4.29. The summed E-state index contributed by atoms with van der Waals surface area (Å²) in [4.78, 5) is 35.4. The van der Waals surface area contributed by atoms with Crippen molar-refractivity contribution < 1.29 is 14.3 Å². The van der Waals surface area contributed by atoms with Crippen molar-refractivity contribution in [3.63, 3.8) is 0 Å². The summed E-state index contributed by atoms with van der Waals surface area (Å²) in [5.74, 6) is -0.122. The zero-order valence-corrected chi connectivity index (χ0v) is 17.8. The second kappa shape index (κ2) is 8.43. The Kier molecular flexibility index (Phi) is 5.33. The monoisotopic (exact) mass is 428 g/mol. The maximum absolute atomic E-state index is 13.1. The van der Waals surface area contributed by atoms with Crippen molar-refractivity contribution in [3.05, 3.63) is 77.6 Å². The summed E-state index contributed by atoms with van der Waals surface area (Å²) in [6.45, 7) is 1.36. The number of para-hydroxylation sites is 2. The van der Waals surface area contributed by atoms with Crippen LogP contribution in [0.2, 0.25) is 0 Å². The highest BCUT2D eigenvalue weighted by Crippen LogP contribution is 2.27.